The van der Waals surface area contributed by atoms with Crippen molar-refractivity contribution in [2.75, 3.05) is 47.9 Å². The monoisotopic (exact) mass is 543 g/mol. The van der Waals surface area contributed by atoms with Crippen molar-refractivity contribution in [3.05, 3.63) is 48.5 Å². The predicted octanol–water partition coefficient (Wildman–Crippen LogP) is 2.96. The van der Waals surface area contributed by atoms with Crippen molar-refractivity contribution in [1.29, 1.82) is 0 Å². The van der Waals surface area contributed by atoms with Crippen molar-refractivity contribution in [3.63, 3.8) is 0 Å². The van der Waals surface area contributed by atoms with Crippen LogP contribution in [0.25, 0.3) is 11.0 Å². The number of hydrogen-bond donors (Lipinski definition) is 3. The maximum absolute atomic E-state index is 13.4. The number of nitrogens with two attached hydrogens (primary N) is 1. The third kappa shape index (κ3) is 4.88. The molecule has 3 aromatic heterocycles. The van der Waals surface area contributed by atoms with E-state index >= 15 is 0 Å². The molecule has 10 nitrogen and oxygen atoms in total. The molecule has 3 aromatic rings. The molecule has 1 unspecified atom stereocenters. The number of nitrogens with one attached hydrogen (secondary N) is 1. The molecule has 3 atom stereocenters. The molecular formula is C30H37N7O3. The number of piperidine rings is 2. The number of anilines is 3. The summed E-state index contributed by atoms with van der Waals surface area (Å²) in [7, 11) is 0. The Hall–Kier alpha value is -3.34. The molecule has 1 spiro atoms. The molecule has 40 heavy (non-hydrogen) atoms. The van der Waals surface area contributed by atoms with E-state index in [-0.39, 0.29) is 23.5 Å². The Labute approximate surface area is 233 Å². The van der Waals surface area contributed by atoms with Crippen LogP contribution in [0, 0.1) is 11.8 Å². The summed E-state index contributed by atoms with van der Waals surface area (Å²) in [4.78, 5) is 31.5. The fourth-order valence-electron chi connectivity index (χ4n) is 6.83. The predicted molar refractivity (Wildman–Crippen MR) is 154 cm³/mol. The van der Waals surface area contributed by atoms with E-state index in [1.807, 2.05) is 24.4 Å². The first-order valence-corrected chi connectivity index (χ1v) is 14.6. The lowest BCUT2D eigenvalue weighted by Gasteiger charge is -2.42. The minimum atomic E-state index is -0.494. The van der Waals surface area contributed by atoms with E-state index < -0.39 is 6.10 Å². The summed E-state index contributed by atoms with van der Waals surface area (Å²) in [5, 5.41) is 13.7. The molecular weight excluding hydrogens is 506 g/mol. The number of fused-ring (bicyclic) bond motifs is 1. The van der Waals surface area contributed by atoms with Gasteiger partial charge in [-0.15, -0.1) is 0 Å². The highest BCUT2D eigenvalue weighted by Gasteiger charge is 2.43. The Balaban J connectivity index is 1.08. The summed E-state index contributed by atoms with van der Waals surface area (Å²) in [6.45, 7) is 3.96. The largest absolute Gasteiger partial charge is 0.391 e. The number of amides is 1. The number of carbonyl (C=O) groups excluding carboxylic acids is 1. The molecule has 0 aromatic carbocycles. The molecule has 4 fully saturated rings. The van der Waals surface area contributed by atoms with Gasteiger partial charge in [-0.2, -0.15) is 0 Å². The van der Waals surface area contributed by atoms with Crippen LogP contribution in [0.1, 0.15) is 49.0 Å². The molecule has 3 saturated heterocycles. The van der Waals surface area contributed by atoms with Crippen LogP contribution >= 0.6 is 0 Å². The average Bonchev–Trinajstić information content (AvgIpc) is 3.73. The summed E-state index contributed by atoms with van der Waals surface area (Å²) in [6.07, 6.45) is 11.4. The van der Waals surface area contributed by atoms with Gasteiger partial charge in [0.15, 0.2) is 0 Å². The fraction of sp³-hybridized carbons (Fsp3) is 0.533. The van der Waals surface area contributed by atoms with Crippen LogP contribution in [0.15, 0.2) is 42.9 Å². The molecule has 4 N–H and O–H groups in total. The summed E-state index contributed by atoms with van der Waals surface area (Å²) < 4.78 is 6.08. The normalized spacial score (nSPS) is 26.4. The Kier molecular flexibility index (Phi) is 6.56. The van der Waals surface area contributed by atoms with Gasteiger partial charge in [0.1, 0.15) is 5.69 Å². The number of aliphatic hydroxyl groups excluding tert-OH is 1. The zero-order valence-electron chi connectivity index (χ0n) is 22.7. The van der Waals surface area contributed by atoms with Gasteiger partial charge < -0.3 is 30.7 Å². The number of carbonyl (C=O) groups is 1. The Morgan fingerprint density at radius 2 is 1.93 bits per heavy atom. The number of nitrogens with zero attached hydrogens (tertiary/aromatic N) is 5. The molecule has 10 heteroatoms. The number of ether oxygens (including phenoxy) is 1. The molecule has 1 saturated carbocycles. The number of rotatable bonds is 5. The second kappa shape index (κ2) is 10.2. The number of aliphatic hydroxyl groups is 1. The molecule has 0 radical (unpaired) electrons. The molecule has 210 valence electrons. The summed E-state index contributed by atoms with van der Waals surface area (Å²) >= 11 is 0. The van der Waals surface area contributed by atoms with E-state index in [9.17, 15) is 9.90 Å². The van der Waals surface area contributed by atoms with Gasteiger partial charge in [0.2, 0.25) is 0 Å². The summed E-state index contributed by atoms with van der Waals surface area (Å²) in [5.74, 6) is 0.353. The molecule has 1 aliphatic carbocycles. The van der Waals surface area contributed by atoms with Crippen LogP contribution in [-0.2, 0) is 4.74 Å². The van der Waals surface area contributed by atoms with Gasteiger partial charge in [-0.3, -0.25) is 14.8 Å². The lowest BCUT2D eigenvalue weighted by atomic mass is 9.87. The maximum atomic E-state index is 13.4. The van der Waals surface area contributed by atoms with Crippen molar-refractivity contribution in [1.82, 2.24) is 15.0 Å². The molecule has 4 aliphatic rings. The number of hydrogen-bond acceptors (Lipinski definition) is 9. The second-order valence-corrected chi connectivity index (χ2v) is 12.0. The lowest BCUT2D eigenvalue weighted by Crippen LogP contribution is -2.57. The van der Waals surface area contributed by atoms with Crippen LogP contribution < -0.4 is 20.9 Å². The van der Waals surface area contributed by atoms with Crippen LogP contribution in [0.3, 0.4) is 0 Å². The van der Waals surface area contributed by atoms with E-state index in [1.165, 1.54) is 0 Å². The van der Waals surface area contributed by atoms with E-state index in [0.717, 1.165) is 75.1 Å². The highest BCUT2D eigenvalue weighted by atomic mass is 16.5. The molecule has 3 aliphatic heterocycles. The third-order valence-corrected chi connectivity index (χ3v) is 9.33. The van der Waals surface area contributed by atoms with Gasteiger partial charge >= 0.3 is 0 Å². The third-order valence-electron chi connectivity index (χ3n) is 9.33. The average molecular weight is 544 g/mol. The first kappa shape index (κ1) is 25.6. The fourth-order valence-corrected chi connectivity index (χ4v) is 6.83. The first-order valence-electron chi connectivity index (χ1n) is 14.6. The highest BCUT2D eigenvalue weighted by molar-refractivity contribution is 6.05. The topological polar surface area (TPSA) is 130 Å². The molecule has 1 amide bonds. The standard InChI is InChI=1S/C30H37N7O3/c31-22-18-37(17-21(28(22)38)19-2-3-19)27-6-10-32-16-26(27)35-29(39)24-5-4-23-25(34-24)14-20(15-33-23)36-11-8-30(9-12-36)7-1-13-40-30/h4-6,10,14-16,19,21-22,28,38H,1-3,7-9,11-13,17-18,31H2,(H,35,39)/t21?,22-,28-/m1/s1. The van der Waals surface area contributed by atoms with E-state index in [1.54, 1.807) is 18.5 Å². The van der Waals surface area contributed by atoms with Crippen molar-refractivity contribution in [2.24, 2.45) is 17.6 Å². The zero-order valence-corrected chi connectivity index (χ0v) is 22.7. The van der Waals surface area contributed by atoms with Crippen molar-refractivity contribution in [2.45, 2.75) is 56.3 Å². The molecule has 7 rings (SSSR count). The van der Waals surface area contributed by atoms with E-state index in [0.29, 0.717) is 35.9 Å². The molecule has 6 heterocycles. The van der Waals surface area contributed by atoms with E-state index in [2.05, 4.69) is 25.1 Å². The minimum absolute atomic E-state index is 0.0628. The lowest BCUT2D eigenvalue weighted by molar-refractivity contribution is -0.0146. The van der Waals surface area contributed by atoms with Crippen molar-refractivity contribution >= 4 is 34.0 Å². The minimum Gasteiger partial charge on any atom is -0.391 e. The van der Waals surface area contributed by atoms with Crippen LogP contribution in [-0.4, -0.2) is 76.5 Å². The van der Waals surface area contributed by atoms with Crippen LogP contribution in [0.2, 0.25) is 0 Å². The number of pyridine rings is 3. The molecule has 0 bridgehead atoms. The van der Waals surface area contributed by atoms with Crippen LogP contribution in [0.5, 0.6) is 0 Å². The first-order chi connectivity index (χ1) is 19.5. The van der Waals surface area contributed by atoms with Gasteiger partial charge in [0.25, 0.3) is 5.91 Å². The SMILES string of the molecule is N[C@@H]1CN(c2ccncc2NC(=O)c2ccc3ncc(N4CCC5(CCCO5)CC4)cc3n2)CC(C2CC2)[C@H]1O. The number of aromatic nitrogens is 3. The maximum Gasteiger partial charge on any atom is 0.274 e. The van der Waals surface area contributed by atoms with Crippen molar-refractivity contribution in [3.8, 4) is 0 Å². The van der Waals surface area contributed by atoms with E-state index in [4.69, 9.17) is 15.5 Å². The van der Waals surface area contributed by atoms with Gasteiger partial charge in [-0.05, 0) is 68.7 Å². The van der Waals surface area contributed by atoms with Crippen LogP contribution in [0.4, 0.5) is 17.1 Å². The van der Waals surface area contributed by atoms with Gasteiger partial charge in [0.05, 0.1) is 52.2 Å². The van der Waals surface area contributed by atoms with Gasteiger partial charge in [-0.25, -0.2) is 4.98 Å². The summed E-state index contributed by atoms with van der Waals surface area (Å²) in [6, 6.07) is 7.14. The summed E-state index contributed by atoms with van der Waals surface area (Å²) in [5.41, 5.74) is 10.6. The smallest absolute Gasteiger partial charge is 0.274 e. The van der Waals surface area contributed by atoms with Crippen molar-refractivity contribution < 1.29 is 14.6 Å². The Bertz CT molecular complexity index is 1400. The zero-order chi connectivity index (χ0) is 27.3. The highest BCUT2D eigenvalue weighted by Crippen LogP contribution is 2.42. The quantitative estimate of drug-likeness (QED) is 0.445. The Morgan fingerprint density at radius 1 is 1.07 bits per heavy atom. The second-order valence-electron chi connectivity index (χ2n) is 12.0. The van der Waals surface area contributed by atoms with Gasteiger partial charge in [0, 0.05) is 50.9 Å². The Morgan fingerprint density at radius 3 is 2.70 bits per heavy atom. The van der Waals surface area contributed by atoms with Gasteiger partial charge in [-0.1, -0.05) is 0 Å².